The van der Waals surface area contributed by atoms with Crippen molar-refractivity contribution in [1.82, 2.24) is 15.5 Å². The SMILES string of the molecule is COCCNC(=O)[C@H]1C[C@@H]2CCN(c3ccc(C)nn3)C[C@H]2O1. The molecular weight excluding hydrogens is 296 g/mol. The van der Waals surface area contributed by atoms with Crippen molar-refractivity contribution in [3.05, 3.63) is 17.8 Å². The van der Waals surface area contributed by atoms with Gasteiger partial charge in [-0.1, -0.05) is 0 Å². The van der Waals surface area contributed by atoms with Crippen LogP contribution in [0.3, 0.4) is 0 Å². The number of nitrogens with zero attached hydrogens (tertiary/aromatic N) is 3. The molecule has 3 rings (SSSR count). The van der Waals surface area contributed by atoms with Crippen molar-refractivity contribution in [3.63, 3.8) is 0 Å². The predicted octanol–water partition coefficient (Wildman–Crippen LogP) is 0.531. The van der Waals surface area contributed by atoms with Gasteiger partial charge in [0.1, 0.15) is 6.10 Å². The van der Waals surface area contributed by atoms with Gasteiger partial charge in [-0.25, -0.2) is 0 Å². The Morgan fingerprint density at radius 1 is 1.48 bits per heavy atom. The van der Waals surface area contributed by atoms with Crippen molar-refractivity contribution >= 4 is 11.7 Å². The lowest BCUT2D eigenvalue weighted by molar-refractivity contribution is -0.132. The number of carbonyl (C=O) groups excluding carboxylic acids is 1. The molecule has 3 heterocycles. The highest BCUT2D eigenvalue weighted by atomic mass is 16.5. The number of rotatable bonds is 5. The first kappa shape index (κ1) is 16.1. The number of carbonyl (C=O) groups is 1. The highest BCUT2D eigenvalue weighted by molar-refractivity contribution is 5.81. The fraction of sp³-hybridized carbons (Fsp3) is 0.688. The van der Waals surface area contributed by atoms with Gasteiger partial charge in [0.25, 0.3) is 0 Å². The number of anilines is 1. The van der Waals surface area contributed by atoms with E-state index < -0.39 is 0 Å². The fourth-order valence-corrected chi connectivity index (χ4v) is 3.26. The van der Waals surface area contributed by atoms with E-state index in [9.17, 15) is 4.79 Å². The van der Waals surface area contributed by atoms with E-state index >= 15 is 0 Å². The Hall–Kier alpha value is -1.73. The molecule has 0 unspecified atom stereocenters. The maximum absolute atomic E-state index is 12.1. The quantitative estimate of drug-likeness (QED) is 0.798. The summed E-state index contributed by atoms with van der Waals surface area (Å²) >= 11 is 0. The third kappa shape index (κ3) is 3.79. The first-order valence-corrected chi connectivity index (χ1v) is 8.14. The van der Waals surface area contributed by atoms with Crippen LogP contribution in [0.4, 0.5) is 5.82 Å². The maximum atomic E-state index is 12.1. The first-order valence-electron chi connectivity index (χ1n) is 8.14. The number of aryl methyl sites for hydroxylation is 1. The molecule has 7 nitrogen and oxygen atoms in total. The number of ether oxygens (including phenoxy) is 2. The molecule has 0 aromatic carbocycles. The van der Waals surface area contributed by atoms with Crippen molar-refractivity contribution in [2.24, 2.45) is 5.92 Å². The van der Waals surface area contributed by atoms with Gasteiger partial charge in [-0.15, -0.1) is 5.10 Å². The number of aromatic nitrogens is 2. The minimum atomic E-state index is -0.342. The Kier molecular flexibility index (Phi) is 5.07. The van der Waals surface area contributed by atoms with Gasteiger partial charge in [-0.05, 0) is 37.8 Å². The van der Waals surface area contributed by atoms with Crippen LogP contribution in [0.5, 0.6) is 0 Å². The second-order valence-corrected chi connectivity index (χ2v) is 6.21. The van der Waals surface area contributed by atoms with Gasteiger partial charge in [0.2, 0.25) is 5.91 Å². The van der Waals surface area contributed by atoms with Crippen LogP contribution >= 0.6 is 0 Å². The van der Waals surface area contributed by atoms with E-state index in [0.717, 1.165) is 37.4 Å². The number of hydrogen-bond acceptors (Lipinski definition) is 6. The van der Waals surface area contributed by atoms with Crippen LogP contribution in [0, 0.1) is 12.8 Å². The zero-order valence-electron chi connectivity index (χ0n) is 13.7. The highest BCUT2D eigenvalue weighted by Gasteiger charge is 2.42. The summed E-state index contributed by atoms with van der Waals surface area (Å²) in [5, 5.41) is 11.2. The summed E-state index contributed by atoms with van der Waals surface area (Å²) < 4.78 is 10.9. The van der Waals surface area contributed by atoms with Crippen LogP contribution in [0.15, 0.2) is 12.1 Å². The van der Waals surface area contributed by atoms with Crippen LogP contribution in [-0.4, -0.2) is 61.7 Å². The van der Waals surface area contributed by atoms with E-state index in [4.69, 9.17) is 9.47 Å². The number of amides is 1. The third-order valence-corrected chi connectivity index (χ3v) is 4.56. The Morgan fingerprint density at radius 2 is 2.35 bits per heavy atom. The molecule has 3 atom stereocenters. The van der Waals surface area contributed by atoms with Crippen molar-refractivity contribution in [3.8, 4) is 0 Å². The molecule has 2 fully saturated rings. The summed E-state index contributed by atoms with van der Waals surface area (Å²) in [5.41, 5.74) is 0.911. The zero-order chi connectivity index (χ0) is 16.2. The van der Waals surface area contributed by atoms with Gasteiger partial charge < -0.3 is 19.7 Å². The average molecular weight is 320 g/mol. The van der Waals surface area contributed by atoms with Crippen LogP contribution < -0.4 is 10.2 Å². The lowest BCUT2D eigenvalue weighted by atomic mass is 9.91. The van der Waals surface area contributed by atoms with Crippen LogP contribution in [0.1, 0.15) is 18.5 Å². The predicted molar refractivity (Wildman–Crippen MR) is 85.3 cm³/mol. The van der Waals surface area contributed by atoms with E-state index in [0.29, 0.717) is 19.1 Å². The van der Waals surface area contributed by atoms with E-state index in [1.165, 1.54) is 0 Å². The number of nitrogens with one attached hydrogen (secondary N) is 1. The molecule has 23 heavy (non-hydrogen) atoms. The smallest absolute Gasteiger partial charge is 0.249 e. The summed E-state index contributed by atoms with van der Waals surface area (Å²) in [4.78, 5) is 14.3. The molecule has 2 saturated heterocycles. The van der Waals surface area contributed by atoms with Crippen molar-refractivity contribution in [1.29, 1.82) is 0 Å². The summed E-state index contributed by atoms with van der Waals surface area (Å²) in [6, 6.07) is 3.96. The molecule has 1 amide bonds. The van der Waals surface area contributed by atoms with E-state index in [1.54, 1.807) is 7.11 Å². The summed E-state index contributed by atoms with van der Waals surface area (Å²) in [6.07, 6.45) is 1.56. The fourth-order valence-electron chi connectivity index (χ4n) is 3.26. The lowest BCUT2D eigenvalue weighted by Gasteiger charge is -2.34. The third-order valence-electron chi connectivity index (χ3n) is 4.56. The molecule has 1 aromatic rings. The monoisotopic (exact) mass is 320 g/mol. The Labute approximate surface area is 136 Å². The van der Waals surface area contributed by atoms with Gasteiger partial charge in [-0.3, -0.25) is 4.79 Å². The minimum absolute atomic E-state index is 0.0295. The molecule has 1 N–H and O–H groups in total. The Bertz CT molecular complexity index is 537. The van der Waals surface area contributed by atoms with Crippen LogP contribution in [0.25, 0.3) is 0 Å². The molecule has 126 valence electrons. The largest absolute Gasteiger partial charge is 0.383 e. The highest BCUT2D eigenvalue weighted by Crippen LogP contribution is 2.34. The molecule has 0 bridgehead atoms. The average Bonchev–Trinajstić information content (AvgIpc) is 2.99. The Morgan fingerprint density at radius 3 is 3.09 bits per heavy atom. The Balaban J connectivity index is 1.55. The second-order valence-electron chi connectivity index (χ2n) is 6.21. The molecule has 0 saturated carbocycles. The van der Waals surface area contributed by atoms with Gasteiger partial charge in [0.05, 0.1) is 18.4 Å². The van der Waals surface area contributed by atoms with Crippen LogP contribution in [0.2, 0.25) is 0 Å². The molecular formula is C16H24N4O3. The topological polar surface area (TPSA) is 76.6 Å². The van der Waals surface area contributed by atoms with Crippen molar-refractivity contribution < 1.29 is 14.3 Å². The summed E-state index contributed by atoms with van der Waals surface area (Å²) in [6.45, 7) is 4.67. The van der Waals surface area contributed by atoms with E-state index in [-0.39, 0.29) is 18.1 Å². The maximum Gasteiger partial charge on any atom is 0.249 e. The van der Waals surface area contributed by atoms with Crippen molar-refractivity contribution in [2.75, 3.05) is 38.3 Å². The molecule has 2 aliphatic rings. The lowest BCUT2D eigenvalue weighted by Crippen LogP contribution is -2.43. The molecule has 0 aliphatic carbocycles. The van der Waals surface area contributed by atoms with Gasteiger partial charge >= 0.3 is 0 Å². The van der Waals surface area contributed by atoms with Gasteiger partial charge in [0, 0.05) is 26.7 Å². The molecule has 1 aromatic heterocycles. The van der Waals surface area contributed by atoms with Crippen molar-refractivity contribution in [2.45, 2.75) is 32.0 Å². The first-order chi connectivity index (χ1) is 11.2. The van der Waals surface area contributed by atoms with E-state index in [1.807, 2.05) is 19.1 Å². The minimum Gasteiger partial charge on any atom is -0.383 e. The second kappa shape index (κ2) is 7.23. The number of methoxy groups -OCH3 is 1. The number of fused-ring (bicyclic) bond motifs is 1. The van der Waals surface area contributed by atoms with E-state index in [2.05, 4.69) is 20.4 Å². The normalized spacial score (nSPS) is 26.9. The summed E-state index contributed by atoms with van der Waals surface area (Å²) in [5.74, 6) is 1.30. The van der Waals surface area contributed by atoms with Crippen LogP contribution in [-0.2, 0) is 14.3 Å². The summed E-state index contributed by atoms with van der Waals surface area (Å²) in [7, 11) is 1.62. The standard InChI is InChI=1S/C16H24N4O3/c1-11-3-4-15(19-18-11)20-7-5-12-9-13(23-14(12)10-20)16(21)17-6-8-22-2/h3-4,12-14H,5-10H2,1-2H3,(H,17,21)/t12-,13+,14+/m0/s1. The molecule has 0 radical (unpaired) electrons. The molecule has 0 spiro atoms. The zero-order valence-corrected chi connectivity index (χ0v) is 13.7. The molecule has 2 aliphatic heterocycles. The van der Waals surface area contributed by atoms with Gasteiger partial charge in [0.15, 0.2) is 5.82 Å². The number of piperidine rings is 1. The van der Waals surface area contributed by atoms with Gasteiger partial charge in [-0.2, -0.15) is 5.10 Å². The molecule has 7 heteroatoms. The number of hydrogen-bond donors (Lipinski definition) is 1.